The first kappa shape index (κ1) is 70.1. The molecule has 18 heteroatoms. The molecular weight excluding hydrogens is 1140 g/mol. The van der Waals surface area contributed by atoms with Gasteiger partial charge in [0, 0.05) is 36.9 Å². The largest absolute Gasteiger partial charge is 0.465 e. The van der Waals surface area contributed by atoms with Crippen molar-refractivity contribution < 1.29 is 51.5 Å². The SMILES string of the molecule is CN[C@H](C(=O)N[C@H](C(=O)N(C)[C@H](/C=C(\C)C(=O)NS(=O)(=O)Cc1ccc(CC(=O)[C@H](CCCCNC(=O)OC(C)(C)C)NC(=O)[C@@H](CC(=O)OCC2c3ccccc3-c3ccccc32)Cc2ccccc2)cc1)C(C)C)C(C)(C)C)C(C)(C)c1ccccc1. The Kier molecular flexibility index (Phi) is 24.4. The molecule has 6 rings (SSSR count). The Morgan fingerprint density at radius 3 is 1.80 bits per heavy atom. The van der Waals surface area contributed by atoms with Crippen molar-refractivity contribution in [2.75, 3.05) is 27.2 Å². The molecule has 5 N–H and O–H groups in total. The number of unbranched alkanes of at least 4 members (excludes halogenated alkanes) is 1. The monoisotopic (exact) mass is 1240 g/mol. The summed E-state index contributed by atoms with van der Waals surface area (Å²) in [6.07, 6.45) is 1.89. The first-order chi connectivity index (χ1) is 41.9. The first-order valence-corrected chi connectivity index (χ1v) is 32.3. The molecule has 478 valence electrons. The molecule has 0 unspecified atom stereocenters. The minimum Gasteiger partial charge on any atom is -0.465 e. The van der Waals surface area contributed by atoms with Crippen LogP contribution in [0.5, 0.6) is 0 Å². The quantitative estimate of drug-likeness (QED) is 0.0171. The Labute approximate surface area is 527 Å². The average Bonchev–Trinajstić information content (AvgIpc) is 1.74. The van der Waals surface area contributed by atoms with Crippen LogP contribution in [0.1, 0.15) is 141 Å². The number of nitrogens with one attached hydrogen (secondary N) is 5. The molecule has 0 fully saturated rings. The van der Waals surface area contributed by atoms with E-state index < -0.39 is 86.2 Å². The molecule has 5 aromatic rings. The molecule has 0 saturated carbocycles. The summed E-state index contributed by atoms with van der Waals surface area (Å²) in [4.78, 5) is 98.8. The highest BCUT2D eigenvalue weighted by molar-refractivity contribution is 7.89. The van der Waals surface area contributed by atoms with Gasteiger partial charge in [-0.25, -0.2) is 17.9 Å². The summed E-state index contributed by atoms with van der Waals surface area (Å²) in [5.41, 5.74) is 4.89. The van der Waals surface area contributed by atoms with Crippen molar-refractivity contribution in [3.05, 3.63) is 178 Å². The third kappa shape index (κ3) is 20.0. The maximum Gasteiger partial charge on any atom is 0.407 e. The van der Waals surface area contributed by atoms with Crippen molar-refractivity contribution in [2.45, 2.75) is 162 Å². The van der Waals surface area contributed by atoms with Gasteiger partial charge < -0.3 is 35.6 Å². The van der Waals surface area contributed by atoms with E-state index in [1.165, 1.54) is 11.8 Å². The van der Waals surface area contributed by atoms with Gasteiger partial charge in [0.25, 0.3) is 5.91 Å². The second-order valence-electron chi connectivity index (χ2n) is 26.3. The first-order valence-electron chi connectivity index (χ1n) is 30.7. The smallest absolute Gasteiger partial charge is 0.407 e. The lowest BCUT2D eigenvalue weighted by Gasteiger charge is -2.40. The average molecular weight is 1240 g/mol. The van der Waals surface area contributed by atoms with Gasteiger partial charge in [-0.3, -0.25) is 28.8 Å². The van der Waals surface area contributed by atoms with Crippen LogP contribution < -0.4 is 26.0 Å². The van der Waals surface area contributed by atoms with Crippen molar-refractivity contribution in [2.24, 2.45) is 17.3 Å². The fraction of sp³-hybridized carbons (Fsp3) is 0.451. The third-order valence-corrected chi connectivity index (χ3v) is 17.4. The highest BCUT2D eigenvalue weighted by Crippen LogP contribution is 2.44. The van der Waals surface area contributed by atoms with Crippen molar-refractivity contribution in [1.82, 2.24) is 30.9 Å². The zero-order chi connectivity index (χ0) is 65.4. The summed E-state index contributed by atoms with van der Waals surface area (Å²) in [5.74, 6) is -4.89. The molecule has 1 aliphatic carbocycles. The van der Waals surface area contributed by atoms with E-state index in [9.17, 15) is 42.0 Å². The van der Waals surface area contributed by atoms with Gasteiger partial charge in [-0.15, -0.1) is 0 Å². The van der Waals surface area contributed by atoms with Crippen LogP contribution in [0, 0.1) is 17.3 Å². The molecule has 5 aromatic carbocycles. The molecule has 0 spiro atoms. The number of ether oxygens (including phenoxy) is 2. The summed E-state index contributed by atoms with van der Waals surface area (Å²) in [6, 6.07) is 38.0. The van der Waals surface area contributed by atoms with E-state index in [-0.39, 0.29) is 73.8 Å². The number of carbonyl (C=O) groups excluding carboxylic acids is 7. The lowest BCUT2D eigenvalue weighted by molar-refractivity contribution is -0.147. The second-order valence-corrected chi connectivity index (χ2v) is 28.0. The van der Waals surface area contributed by atoms with Gasteiger partial charge in [0.15, 0.2) is 5.78 Å². The van der Waals surface area contributed by atoms with Crippen LogP contribution >= 0.6 is 0 Å². The van der Waals surface area contributed by atoms with Crippen LogP contribution in [0.4, 0.5) is 4.79 Å². The number of benzene rings is 5. The number of Topliss-reactive ketones (excluding diaryl/α,β-unsaturated/α-hetero) is 1. The number of alkyl carbamates (subject to hydrolysis) is 1. The van der Waals surface area contributed by atoms with Crippen LogP contribution in [-0.2, 0) is 72.3 Å². The molecule has 89 heavy (non-hydrogen) atoms. The number of esters is 1. The van der Waals surface area contributed by atoms with Crippen LogP contribution in [0.25, 0.3) is 11.1 Å². The molecular formula is C71H92N6O11S. The van der Waals surface area contributed by atoms with Crippen molar-refractivity contribution in [3.8, 4) is 11.1 Å². The maximum atomic E-state index is 14.5. The number of hydrogen-bond acceptors (Lipinski definition) is 12. The Morgan fingerprint density at radius 1 is 0.674 bits per heavy atom. The normalized spacial score (nSPS) is 14.4. The molecule has 5 amide bonds. The molecule has 1 aliphatic rings. The zero-order valence-electron chi connectivity index (χ0n) is 54.0. The van der Waals surface area contributed by atoms with Gasteiger partial charge in [0.05, 0.1) is 36.2 Å². The number of hydrogen-bond donors (Lipinski definition) is 5. The lowest BCUT2D eigenvalue weighted by atomic mass is 9.76. The lowest BCUT2D eigenvalue weighted by Crippen LogP contribution is -2.61. The van der Waals surface area contributed by atoms with E-state index in [1.54, 1.807) is 65.2 Å². The van der Waals surface area contributed by atoms with Crippen molar-refractivity contribution >= 4 is 51.5 Å². The summed E-state index contributed by atoms with van der Waals surface area (Å²) < 4.78 is 40.7. The van der Waals surface area contributed by atoms with Gasteiger partial charge in [-0.05, 0) is 116 Å². The summed E-state index contributed by atoms with van der Waals surface area (Å²) >= 11 is 0. The molecule has 5 atom stereocenters. The molecule has 0 bridgehead atoms. The van der Waals surface area contributed by atoms with Crippen molar-refractivity contribution in [1.29, 1.82) is 0 Å². The number of likely N-dealkylation sites (N-methyl/N-ethyl adjacent to an activating group) is 2. The number of amides is 5. The number of rotatable bonds is 29. The van der Waals surface area contributed by atoms with Gasteiger partial charge in [-0.2, -0.15) is 0 Å². The van der Waals surface area contributed by atoms with E-state index in [0.29, 0.717) is 24.0 Å². The summed E-state index contributed by atoms with van der Waals surface area (Å²) in [5, 5.41) is 11.9. The number of ketones is 1. The maximum absolute atomic E-state index is 14.5. The van der Waals surface area contributed by atoms with Gasteiger partial charge in [0.1, 0.15) is 18.2 Å². The van der Waals surface area contributed by atoms with E-state index in [0.717, 1.165) is 33.4 Å². The van der Waals surface area contributed by atoms with Gasteiger partial charge in [-0.1, -0.05) is 188 Å². The van der Waals surface area contributed by atoms with Crippen molar-refractivity contribution in [3.63, 3.8) is 0 Å². The minimum atomic E-state index is -4.28. The molecule has 17 nitrogen and oxygen atoms in total. The molecule has 0 radical (unpaired) electrons. The molecule has 0 aliphatic heterocycles. The number of carbonyl (C=O) groups is 7. The fourth-order valence-electron chi connectivity index (χ4n) is 11.3. The number of fused-ring (bicyclic) bond motifs is 3. The van der Waals surface area contributed by atoms with Crippen LogP contribution in [0.2, 0.25) is 0 Å². The Hall–Kier alpha value is -7.96. The predicted octanol–water partition coefficient (Wildman–Crippen LogP) is 10.1. The molecule has 0 saturated heterocycles. The van der Waals surface area contributed by atoms with E-state index >= 15 is 0 Å². The predicted molar refractivity (Wildman–Crippen MR) is 348 cm³/mol. The standard InChI is InChI=1S/C71H92N6O11S/c1-46(2)59(77(13)67(83)63(69(4,5)6)75-66(82)62(72-12)71(10,11)52-28-18-15-19-29-52)40-47(3)64(80)76-89(85,86)45-50-37-35-49(36-38-50)42-60(78)58(34-24-25-39-73-68(84)88-70(7,8)9)74-65(81)51(41-48-26-16-14-17-27-48)43-61(79)87-44-57-55-32-22-20-30-53(55)54-31-21-23-33-56(54)57/h14-23,26-33,35-38,40,46,51,57-59,62-63,72H,24-25,34,39,41-45H2,1-13H3,(H,73,84)(H,74,81)(H,75,82)(H,76,80)/b47-40+/t51-,58+,59-,62-,63-/m1/s1. The molecule has 0 aromatic heterocycles. The van der Waals surface area contributed by atoms with E-state index in [1.807, 2.05) is 146 Å². The topological polar surface area (TPSA) is 235 Å². The third-order valence-electron chi connectivity index (χ3n) is 16.2. The summed E-state index contributed by atoms with van der Waals surface area (Å²) in [6.45, 7) is 20.4. The Bertz CT molecular complexity index is 3360. The van der Waals surface area contributed by atoms with Crippen LogP contribution in [-0.4, -0.2) is 112 Å². The van der Waals surface area contributed by atoms with Crippen LogP contribution in [0.3, 0.4) is 0 Å². The number of sulfonamides is 1. The highest BCUT2D eigenvalue weighted by atomic mass is 32.2. The van der Waals surface area contributed by atoms with Gasteiger partial charge >= 0.3 is 12.1 Å². The zero-order valence-corrected chi connectivity index (χ0v) is 54.8. The number of nitrogens with zero attached hydrogens (tertiary/aromatic N) is 1. The Balaban J connectivity index is 1.11. The Morgan fingerprint density at radius 2 is 1.24 bits per heavy atom. The fourth-order valence-corrected chi connectivity index (χ4v) is 12.5. The van der Waals surface area contributed by atoms with E-state index in [2.05, 4.69) is 38.1 Å². The summed E-state index contributed by atoms with van der Waals surface area (Å²) in [7, 11) is -0.977. The second kappa shape index (κ2) is 31.0. The molecule has 0 heterocycles. The van der Waals surface area contributed by atoms with Crippen LogP contribution in [0.15, 0.2) is 145 Å². The van der Waals surface area contributed by atoms with Gasteiger partial charge in [0.2, 0.25) is 27.7 Å². The minimum absolute atomic E-state index is 0.0570. The highest BCUT2D eigenvalue weighted by Gasteiger charge is 2.42. The van der Waals surface area contributed by atoms with E-state index in [4.69, 9.17) is 9.47 Å².